The molecule has 92 valence electrons. The van der Waals surface area contributed by atoms with Gasteiger partial charge in [-0.05, 0) is 32.6 Å². The smallest absolute Gasteiger partial charge is 0.222 e. The van der Waals surface area contributed by atoms with Gasteiger partial charge in [-0.3, -0.25) is 9.69 Å². The second-order valence-electron chi connectivity index (χ2n) is 4.99. The summed E-state index contributed by atoms with van der Waals surface area (Å²) in [5, 5.41) is 9.66. The average Bonchev–Trinajstić information content (AvgIpc) is 2.84. The summed E-state index contributed by atoms with van der Waals surface area (Å²) >= 11 is 0. The van der Waals surface area contributed by atoms with E-state index in [2.05, 4.69) is 11.8 Å². The highest BCUT2D eigenvalue weighted by atomic mass is 16.3. The zero-order chi connectivity index (χ0) is 11.5. The predicted octanol–water partition coefficient (Wildman–Crippen LogP) is 0.802. The predicted molar refractivity (Wildman–Crippen MR) is 61.8 cm³/mol. The Hall–Kier alpha value is -0.610. The molecule has 4 heteroatoms. The van der Waals surface area contributed by atoms with Crippen molar-refractivity contribution in [3.05, 3.63) is 0 Å². The molecule has 1 amide bonds. The van der Waals surface area contributed by atoms with E-state index in [0.29, 0.717) is 11.9 Å². The van der Waals surface area contributed by atoms with Crippen LogP contribution in [0.2, 0.25) is 0 Å². The van der Waals surface area contributed by atoms with Crippen molar-refractivity contribution in [3.63, 3.8) is 0 Å². The van der Waals surface area contributed by atoms with Crippen LogP contribution in [0.4, 0.5) is 0 Å². The van der Waals surface area contributed by atoms with Gasteiger partial charge in [0, 0.05) is 32.1 Å². The lowest BCUT2D eigenvalue weighted by molar-refractivity contribution is -0.129. The number of carbonyl (C=O) groups excluding carboxylic acids is 1. The number of amides is 1. The van der Waals surface area contributed by atoms with E-state index in [1.165, 1.54) is 0 Å². The van der Waals surface area contributed by atoms with E-state index in [1.54, 1.807) is 0 Å². The van der Waals surface area contributed by atoms with Crippen molar-refractivity contribution in [3.8, 4) is 0 Å². The van der Waals surface area contributed by atoms with E-state index in [-0.39, 0.29) is 6.23 Å². The lowest BCUT2D eigenvalue weighted by Crippen LogP contribution is -2.38. The van der Waals surface area contributed by atoms with E-state index in [0.717, 1.165) is 51.7 Å². The molecule has 4 nitrogen and oxygen atoms in total. The highest BCUT2D eigenvalue weighted by Crippen LogP contribution is 2.18. The number of hydrogen-bond donors (Lipinski definition) is 1. The van der Waals surface area contributed by atoms with Gasteiger partial charge in [-0.2, -0.15) is 0 Å². The number of likely N-dealkylation sites (tertiary alicyclic amines) is 2. The lowest BCUT2D eigenvalue weighted by atomic mass is 10.2. The summed E-state index contributed by atoms with van der Waals surface area (Å²) in [7, 11) is 0. The third-order valence-corrected chi connectivity index (χ3v) is 3.81. The van der Waals surface area contributed by atoms with Gasteiger partial charge in [-0.1, -0.05) is 0 Å². The molecular weight excluding hydrogens is 204 g/mol. The van der Waals surface area contributed by atoms with Gasteiger partial charge in [0.15, 0.2) is 0 Å². The molecule has 2 fully saturated rings. The van der Waals surface area contributed by atoms with Crippen LogP contribution in [0.25, 0.3) is 0 Å². The topological polar surface area (TPSA) is 43.8 Å². The molecule has 2 rings (SSSR count). The van der Waals surface area contributed by atoms with Crippen LogP contribution in [0.1, 0.15) is 39.0 Å². The normalized spacial score (nSPS) is 29.0. The number of rotatable bonds is 4. The highest BCUT2D eigenvalue weighted by Gasteiger charge is 2.27. The van der Waals surface area contributed by atoms with Gasteiger partial charge < -0.3 is 10.0 Å². The molecule has 2 unspecified atom stereocenters. The molecular formula is C12H22N2O2. The van der Waals surface area contributed by atoms with Crippen LogP contribution >= 0.6 is 0 Å². The Morgan fingerprint density at radius 3 is 2.81 bits per heavy atom. The van der Waals surface area contributed by atoms with Crippen LogP contribution in [0.15, 0.2) is 0 Å². The van der Waals surface area contributed by atoms with Crippen molar-refractivity contribution < 1.29 is 9.90 Å². The first-order valence-corrected chi connectivity index (χ1v) is 6.40. The van der Waals surface area contributed by atoms with Crippen molar-refractivity contribution in [2.75, 3.05) is 19.6 Å². The number of aliphatic hydroxyl groups is 1. The first-order valence-electron chi connectivity index (χ1n) is 6.40. The van der Waals surface area contributed by atoms with E-state index in [4.69, 9.17) is 0 Å². The van der Waals surface area contributed by atoms with Crippen LogP contribution < -0.4 is 0 Å². The molecule has 16 heavy (non-hydrogen) atoms. The van der Waals surface area contributed by atoms with Crippen molar-refractivity contribution in [1.82, 2.24) is 9.80 Å². The molecule has 1 N–H and O–H groups in total. The standard InChI is InChI=1S/C12H22N2O2/c1-10(14-8-3-5-12(14)16)6-9-13-7-2-4-11(13)15/h10-11,15H,2-9H2,1H3. The minimum atomic E-state index is -0.249. The van der Waals surface area contributed by atoms with Crippen molar-refractivity contribution in [2.24, 2.45) is 0 Å². The number of hydrogen-bond acceptors (Lipinski definition) is 3. The second-order valence-corrected chi connectivity index (χ2v) is 4.99. The molecule has 0 radical (unpaired) electrons. The fourth-order valence-corrected chi connectivity index (χ4v) is 2.71. The lowest BCUT2D eigenvalue weighted by Gasteiger charge is -2.27. The van der Waals surface area contributed by atoms with Crippen LogP contribution in [0.3, 0.4) is 0 Å². The highest BCUT2D eigenvalue weighted by molar-refractivity contribution is 5.78. The summed E-state index contributed by atoms with van der Waals surface area (Å²) in [5.41, 5.74) is 0. The number of carbonyl (C=O) groups is 1. The van der Waals surface area contributed by atoms with Gasteiger partial charge in [0.1, 0.15) is 6.23 Å². The first kappa shape index (κ1) is 11.9. The first-order chi connectivity index (χ1) is 7.68. The maximum Gasteiger partial charge on any atom is 0.222 e. The van der Waals surface area contributed by atoms with Crippen LogP contribution in [0, 0.1) is 0 Å². The molecule has 0 aromatic carbocycles. The van der Waals surface area contributed by atoms with Gasteiger partial charge in [0.2, 0.25) is 5.91 Å². The molecule has 2 heterocycles. The molecule has 2 aliphatic heterocycles. The van der Waals surface area contributed by atoms with E-state index < -0.39 is 0 Å². The fraction of sp³-hybridized carbons (Fsp3) is 0.917. The van der Waals surface area contributed by atoms with Gasteiger partial charge in [-0.15, -0.1) is 0 Å². The molecule has 0 bridgehead atoms. The second kappa shape index (κ2) is 5.15. The fourth-order valence-electron chi connectivity index (χ4n) is 2.71. The van der Waals surface area contributed by atoms with Crippen molar-refractivity contribution in [1.29, 1.82) is 0 Å². The largest absolute Gasteiger partial charge is 0.378 e. The van der Waals surface area contributed by atoms with Gasteiger partial charge in [-0.25, -0.2) is 0 Å². The zero-order valence-electron chi connectivity index (χ0n) is 10.1. The molecule has 0 aromatic heterocycles. The third-order valence-electron chi connectivity index (χ3n) is 3.81. The molecule has 0 aromatic rings. The summed E-state index contributed by atoms with van der Waals surface area (Å²) < 4.78 is 0. The van der Waals surface area contributed by atoms with Crippen LogP contribution in [-0.2, 0) is 4.79 Å². The Kier molecular flexibility index (Phi) is 3.82. The van der Waals surface area contributed by atoms with Gasteiger partial charge >= 0.3 is 0 Å². The van der Waals surface area contributed by atoms with Gasteiger partial charge in [0.25, 0.3) is 0 Å². The third kappa shape index (κ3) is 2.55. The molecule has 0 spiro atoms. The molecule has 0 aliphatic carbocycles. The number of nitrogens with zero attached hydrogens (tertiary/aromatic N) is 2. The van der Waals surface area contributed by atoms with E-state index in [9.17, 15) is 9.90 Å². The van der Waals surface area contributed by atoms with Crippen LogP contribution in [0.5, 0.6) is 0 Å². The maximum atomic E-state index is 11.5. The Morgan fingerprint density at radius 2 is 2.25 bits per heavy atom. The van der Waals surface area contributed by atoms with Crippen molar-refractivity contribution in [2.45, 2.75) is 51.3 Å². The van der Waals surface area contributed by atoms with Crippen LogP contribution in [-0.4, -0.2) is 52.7 Å². The number of aliphatic hydroxyl groups excluding tert-OH is 1. The Morgan fingerprint density at radius 1 is 1.44 bits per heavy atom. The van der Waals surface area contributed by atoms with E-state index in [1.807, 2.05) is 4.90 Å². The Balaban J connectivity index is 1.74. The summed E-state index contributed by atoms with van der Waals surface area (Å²) in [5.74, 6) is 0.300. The summed E-state index contributed by atoms with van der Waals surface area (Å²) in [6, 6.07) is 0.322. The van der Waals surface area contributed by atoms with Gasteiger partial charge in [0.05, 0.1) is 0 Å². The quantitative estimate of drug-likeness (QED) is 0.771. The maximum absolute atomic E-state index is 11.5. The molecule has 2 saturated heterocycles. The van der Waals surface area contributed by atoms with Crippen molar-refractivity contribution >= 4 is 5.91 Å². The van der Waals surface area contributed by atoms with E-state index >= 15 is 0 Å². The minimum Gasteiger partial charge on any atom is -0.378 e. The summed E-state index contributed by atoms with van der Waals surface area (Å²) in [4.78, 5) is 15.6. The summed E-state index contributed by atoms with van der Waals surface area (Å²) in [6.07, 6.45) is 4.45. The molecule has 2 aliphatic rings. The Labute approximate surface area is 97.2 Å². The monoisotopic (exact) mass is 226 g/mol. The SMILES string of the molecule is CC(CCN1CCCC1O)N1CCCC1=O. The molecule has 2 atom stereocenters. The average molecular weight is 226 g/mol. The Bertz CT molecular complexity index is 257. The summed E-state index contributed by atoms with van der Waals surface area (Å²) in [6.45, 7) is 4.95. The minimum absolute atomic E-state index is 0.249. The zero-order valence-corrected chi connectivity index (χ0v) is 10.1. The molecule has 0 saturated carbocycles.